The molecule has 23 heavy (non-hydrogen) atoms. The average Bonchev–Trinajstić information content (AvgIpc) is 2.72. The minimum atomic E-state index is -0.904. The molecule has 2 aliphatic rings. The van der Waals surface area contributed by atoms with Crippen molar-refractivity contribution in [2.45, 2.75) is 52.2 Å². The maximum Gasteiger partial charge on any atom is 0.259 e. The van der Waals surface area contributed by atoms with E-state index in [1.54, 1.807) is 0 Å². The first-order valence-electron chi connectivity index (χ1n) is 8.05. The first-order chi connectivity index (χ1) is 10.6. The first kappa shape index (κ1) is 15.8. The van der Waals surface area contributed by atoms with Gasteiger partial charge in [-0.25, -0.2) is 4.99 Å². The van der Waals surface area contributed by atoms with Crippen molar-refractivity contribution in [2.75, 3.05) is 6.54 Å². The van der Waals surface area contributed by atoms with Gasteiger partial charge in [0.15, 0.2) is 11.5 Å². The van der Waals surface area contributed by atoms with Crippen LogP contribution >= 0.6 is 0 Å². The highest BCUT2D eigenvalue weighted by molar-refractivity contribution is 6.08. The molecule has 3 rings (SSSR count). The predicted molar refractivity (Wildman–Crippen MR) is 90.5 cm³/mol. The Balaban J connectivity index is 2.00. The van der Waals surface area contributed by atoms with Gasteiger partial charge in [-0.2, -0.15) is 0 Å². The van der Waals surface area contributed by atoms with E-state index in [1.807, 2.05) is 38.1 Å². The normalized spacial score (nSPS) is 25.4. The lowest BCUT2D eigenvalue weighted by atomic mass is 9.78. The first-order valence-corrected chi connectivity index (χ1v) is 8.05. The maximum atomic E-state index is 12.8. The molecule has 1 aromatic rings. The summed E-state index contributed by atoms with van der Waals surface area (Å²) in [6, 6.07) is 7.68. The van der Waals surface area contributed by atoms with Crippen LogP contribution in [-0.4, -0.2) is 24.0 Å². The van der Waals surface area contributed by atoms with Gasteiger partial charge in [-0.05, 0) is 25.3 Å². The SMILES string of the molecule is CC(C)(C)CNC1=NC2(CC(C)(C)Oc3ccccc32)C(=O)N1. The van der Waals surface area contributed by atoms with Crippen LogP contribution in [0.2, 0.25) is 0 Å². The Labute approximate surface area is 137 Å². The van der Waals surface area contributed by atoms with Crippen LogP contribution in [0, 0.1) is 5.41 Å². The lowest BCUT2D eigenvalue weighted by molar-refractivity contribution is -0.127. The van der Waals surface area contributed by atoms with Gasteiger partial charge in [0.2, 0.25) is 0 Å². The van der Waals surface area contributed by atoms with Crippen molar-refractivity contribution in [1.82, 2.24) is 10.6 Å². The Hall–Kier alpha value is -2.04. The zero-order valence-electron chi connectivity index (χ0n) is 14.5. The van der Waals surface area contributed by atoms with Crippen LogP contribution in [0.5, 0.6) is 5.75 Å². The molecule has 1 spiro atoms. The molecule has 0 fully saturated rings. The largest absolute Gasteiger partial charge is 0.487 e. The summed E-state index contributed by atoms with van der Waals surface area (Å²) in [6.45, 7) is 11.1. The highest BCUT2D eigenvalue weighted by Crippen LogP contribution is 2.47. The number of benzene rings is 1. The van der Waals surface area contributed by atoms with E-state index >= 15 is 0 Å². The van der Waals surface area contributed by atoms with Crippen molar-refractivity contribution in [2.24, 2.45) is 10.4 Å². The van der Waals surface area contributed by atoms with Gasteiger partial charge in [0, 0.05) is 18.5 Å². The quantitative estimate of drug-likeness (QED) is 0.837. The molecular weight excluding hydrogens is 290 g/mol. The molecule has 2 N–H and O–H groups in total. The predicted octanol–water partition coefficient (Wildman–Crippen LogP) is 2.56. The van der Waals surface area contributed by atoms with Crippen LogP contribution in [0.3, 0.4) is 0 Å². The molecule has 5 nitrogen and oxygen atoms in total. The third kappa shape index (κ3) is 2.92. The third-order valence-electron chi connectivity index (χ3n) is 4.10. The number of fused-ring (bicyclic) bond motifs is 2. The minimum Gasteiger partial charge on any atom is -0.487 e. The number of guanidine groups is 1. The van der Waals surface area contributed by atoms with E-state index in [1.165, 1.54) is 0 Å². The lowest BCUT2D eigenvalue weighted by Gasteiger charge is -2.40. The number of ether oxygens (including phenoxy) is 1. The Morgan fingerprint density at radius 3 is 2.70 bits per heavy atom. The summed E-state index contributed by atoms with van der Waals surface area (Å²) in [5.41, 5.74) is -0.410. The van der Waals surface area contributed by atoms with Crippen molar-refractivity contribution in [1.29, 1.82) is 0 Å². The van der Waals surface area contributed by atoms with Gasteiger partial charge in [-0.15, -0.1) is 0 Å². The van der Waals surface area contributed by atoms with E-state index < -0.39 is 11.1 Å². The molecule has 2 aliphatic heterocycles. The smallest absolute Gasteiger partial charge is 0.259 e. The lowest BCUT2D eigenvalue weighted by Crippen LogP contribution is -2.49. The second kappa shape index (κ2) is 4.98. The van der Waals surface area contributed by atoms with Crippen molar-refractivity contribution in [3.63, 3.8) is 0 Å². The summed E-state index contributed by atoms with van der Waals surface area (Å²) in [5.74, 6) is 1.20. The third-order valence-corrected chi connectivity index (χ3v) is 4.10. The number of carbonyl (C=O) groups excluding carboxylic acids is 1. The standard InChI is InChI=1S/C18H25N3O2/c1-16(2,3)11-19-15-20-14(22)18(21-15)10-17(4,5)23-13-9-7-6-8-12(13)18/h6-9H,10-11H2,1-5H3,(H2,19,20,21,22). The number of para-hydroxylation sites is 1. The van der Waals surface area contributed by atoms with E-state index in [0.717, 1.165) is 17.9 Å². The molecule has 1 atom stereocenters. The van der Waals surface area contributed by atoms with E-state index in [9.17, 15) is 4.79 Å². The van der Waals surface area contributed by atoms with Gasteiger partial charge >= 0.3 is 0 Å². The fourth-order valence-corrected chi connectivity index (χ4v) is 3.16. The van der Waals surface area contributed by atoms with Crippen LogP contribution in [-0.2, 0) is 10.3 Å². The number of amides is 1. The van der Waals surface area contributed by atoms with Gasteiger partial charge < -0.3 is 10.1 Å². The fourth-order valence-electron chi connectivity index (χ4n) is 3.16. The highest BCUT2D eigenvalue weighted by atomic mass is 16.5. The van der Waals surface area contributed by atoms with Crippen LogP contribution in [0.25, 0.3) is 0 Å². The van der Waals surface area contributed by atoms with E-state index in [2.05, 4.69) is 31.4 Å². The molecule has 0 radical (unpaired) electrons. The maximum absolute atomic E-state index is 12.8. The molecule has 1 amide bonds. The van der Waals surface area contributed by atoms with E-state index in [-0.39, 0.29) is 11.3 Å². The Bertz CT molecular complexity index is 673. The van der Waals surface area contributed by atoms with Gasteiger partial charge in [-0.3, -0.25) is 10.1 Å². The van der Waals surface area contributed by atoms with Gasteiger partial charge in [-0.1, -0.05) is 39.0 Å². The topological polar surface area (TPSA) is 62.7 Å². The average molecular weight is 315 g/mol. The van der Waals surface area contributed by atoms with Crippen molar-refractivity contribution < 1.29 is 9.53 Å². The van der Waals surface area contributed by atoms with E-state index in [4.69, 9.17) is 9.73 Å². The van der Waals surface area contributed by atoms with Crippen molar-refractivity contribution >= 4 is 11.9 Å². The van der Waals surface area contributed by atoms with Crippen molar-refractivity contribution in [3.05, 3.63) is 29.8 Å². The van der Waals surface area contributed by atoms with Crippen molar-refractivity contribution in [3.8, 4) is 5.75 Å². The van der Waals surface area contributed by atoms with Gasteiger partial charge in [0.05, 0.1) is 0 Å². The van der Waals surface area contributed by atoms with Crippen LogP contribution in [0.1, 0.15) is 46.6 Å². The number of rotatable bonds is 1. The number of hydrogen-bond donors (Lipinski definition) is 2. The molecule has 0 aliphatic carbocycles. The molecule has 0 saturated heterocycles. The molecule has 0 aromatic heterocycles. The summed E-state index contributed by atoms with van der Waals surface area (Å²) in [6.07, 6.45) is 0.517. The summed E-state index contributed by atoms with van der Waals surface area (Å²) in [4.78, 5) is 17.6. The second-order valence-electron chi connectivity index (χ2n) is 8.22. The van der Waals surface area contributed by atoms with E-state index in [0.29, 0.717) is 12.4 Å². The number of aliphatic imine (C=N–C) groups is 1. The molecule has 5 heteroatoms. The molecule has 1 aromatic carbocycles. The Morgan fingerprint density at radius 2 is 2.00 bits per heavy atom. The van der Waals surface area contributed by atoms with Gasteiger partial charge in [0.1, 0.15) is 11.4 Å². The second-order valence-corrected chi connectivity index (χ2v) is 8.22. The summed E-state index contributed by atoms with van der Waals surface area (Å²) < 4.78 is 6.03. The summed E-state index contributed by atoms with van der Waals surface area (Å²) in [7, 11) is 0. The van der Waals surface area contributed by atoms with Gasteiger partial charge in [0.25, 0.3) is 5.91 Å². The number of nitrogens with zero attached hydrogens (tertiary/aromatic N) is 1. The highest BCUT2D eigenvalue weighted by Gasteiger charge is 2.53. The number of hydrogen-bond acceptors (Lipinski definition) is 4. The number of carbonyl (C=O) groups is 1. The Kier molecular flexibility index (Phi) is 3.43. The van der Waals surface area contributed by atoms with Crippen LogP contribution in [0.15, 0.2) is 29.3 Å². The molecule has 1 unspecified atom stereocenters. The zero-order valence-corrected chi connectivity index (χ0v) is 14.5. The summed E-state index contributed by atoms with van der Waals surface area (Å²) >= 11 is 0. The fraction of sp³-hybridized carbons (Fsp3) is 0.556. The molecule has 0 bridgehead atoms. The van der Waals surface area contributed by atoms with Crippen LogP contribution in [0.4, 0.5) is 0 Å². The monoisotopic (exact) mass is 315 g/mol. The molecule has 2 heterocycles. The van der Waals surface area contributed by atoms with Crippen LogP contribution < -0.4 is 15.4 Å². The minimum absolute atomic E-state index is 0.0854. The number of nitrogens with one attached hydrogen (secondary N) is 2. The molecule has 0 saturated carbocycles. The molecule has 124 valence electrons. The zero-order chi connectivity index (χ0) is 16.9. The summed E-state index contributed by atoms with van der Waals surface area (Å²) in [5, 5.41) is 6.17. The Morgan fingerprint density at radius 1 is 1.30 bits per heavy atom. The molecular formula is C18H25N3O2.